The number of hydrogen-bond donors (Lipinski definition) is 1. The molecule has 5 heteroatoms. The van der Waals surface area contributed by atoms with Crippen molar-refractivity contribution in [2.45, 2.75) is 26.8 Å². The zero-order valence-electron chi connectivity index (χ0n) is 12.6. The molecule has 1 N–H and O–H groups in total. The summed E-state index contributed by atoms with van der Waals surface area (Å²) in [5, 5.41) is 4.72. The van der Waals surface area contributed by atoms with Gasteiger partial charge in [0.25, 0.3) is 0 Å². The normalized spacial score (nSPS) is 12.5. The molecule has 2 nitrogen and oxygen atoms in total. The molecular weight excluding hydrogens is 325 g/mol. The summed E-state index contributed by atoms with van der Waals surface area (Å²) in [5.41, 5.74) is 2.28. The lowest BCUT2D eigenvalue weighted by Crippen LogP contribution is -2.21. The molecule has 0 aliphatic carbocycles. The van der Waals surface area contributed by atoms with E-state index in [2.05, 4.69) is 32.2 Å². The second-order valence-corrected chi connectivity index (χ2v) is 6.99. The molecule has 114 valence electrons. The van der Waals surface area contributed by atoms with Gasteiger partial charge in [-0.1, -0.05) is 30.1 Å². The minimum absolute atomic E-state index is 0.0447. The molecular formula is C16H19Cl2NOS. The number of rotatable bonds is 5. The van der Waals surface area contributed by atoms with Crippen LogP contribution < -0.4 is 10.1 Å². The minimum Gasteiger partial charge on any atom is -0.495 e. The van der Waals surface area contributed by atoms with Gasteiger partial charge in [0.15, 0.2) is 0 Å². The van der Waals surface area contributed by atoms with Gasteiger partial charge in [-0.05, 0) is 43.7 Å². The highest BCUT2D eigenvalue weighted by atomic mass is 35.5. The maximum atomic E-state index is 6.43. The van der Waals surface area contributed by atoms with E-state index in [1.165, 1.54) is 15.3 Å². The summed E-state index contributed by atoms with van der Waals surface area (Å²) in [5.74, 6) is 0.596. The summed E-state index contributed by atoms with van der Waals surface area (Å²) in [4.78, 5) is 2.57. The van der Waals surface area contributed by atoms with Gasteiger partial charge in [0, 0.05) is 20.8 Å². The van der Waals surface area contributed by atoms with Crippen molar-refractivity contribution in [3.05, 3.63) is 49.1 Å². The first-order chi connectivity index (χ1) is 9.97. The van der Waals surface area contributed by atoms with E-state index in [0.717, 1.165) is 12.1 Å². The predicted molar refractivity (Wildman–Crippen MR) is 92.3 cm³/mol. The highest BCUT2D eigenvalue weighted by Gasteiger charge is 2.20. The van der Waals surface area contributed by atoms with E-state index in [0.29, 0.717) is 15.8 Å². The first-order valence-electron chi connectivity index (χ1n) is 6.81. The van der Waals surface area contributed by atoms with Gasteiger partial charge in [-0.3, -0.25) is 0 Å². The van der Waals surface area contributed by atoms with Gasteiger partial charge in [-0.25, -0.2) is 0 Å². The summed E-state index contributed by atoms with van der Waals surface area (Å²) >= 11 is 14.5. The Kier molecular flexibility index (Phi) is 5.55. The summed E-state index contributed by atoms with van der Waals surface area (Å²) < 4.78 is 5.22. The van der Waals surface area contributed by atoms with Crippen molar-refractivity contribution < 1.29 is 4.74 Å². The molecule has 0 aliphatic rings. The van der Waals surface area contributed by atoms with Crippen LogP contribution in [0.3, 0.4) is 0 Å². The van der Waals surface area contributed by atoms with Crippen LogP contribution in [0.5, 0.6) is 5.75 Å². The van der Waals surface area contributed by atoms with Crippen LogP contribution >= 0.6 is 34.5 Å². The van der Waals surface area contributed by atoms with E-state index in [-0.39, 0.29) is 6.04 Å². The fourth-order valence-electron chi connectivity index (χ4n) is 2.23. The SMILES string of the molecule is CCNC(c1cc(C)c(C)s1)c1cc(Cl)c(OC)cc1Cl. The fraction of sp³-hybridized carbons (Fsp3) is 0.375. The van der Waals surface area contributed by atoms with E-state index >= 15 is 0 Å². The average molecular weight is 344 g/mol. The Morgan fingerprint density at radius 3 is 2.43 bits per heavy atom. The maximum absolute atomic E-state index is 6.43. The van der Waals surface area contributed by atoms with Crippen molar-refractivity contribution in [1.82, 2.24) is 5.32 Å². The van der Waals surface area contributed by atoms with Crippen LogP contribution in [0.25, 0.3) is 0 Å². The first-order valence-corrected chi connectivity index (χ1v) is 8.38. The van der Waals surface area contributed by atoms with Crippen molar-refractivity contribution in [1.29, 1.82) is 0 Å². The Hall–Kier alpha value is -0.740. The third-order valence-electron chi connectivity index (χ3n) is 3.46. The smallest absolute Gasteiger partial charge is 0.138 e. The number of benzene rings is 1. The zero-order valence-corrected chi connectivity index (χ0v) is 14.9. The van der Waals surface area contributed by atoms with Crippen molar-refractivity contribution in [2.24, 2.45) is 0 Å². The monoisotopic (exact) mass is 343 g/mol. The molecule has 21 heavy (non-hydrogen) atoms. The molecule has 2 aromatic rings. The van der Waals surface area contributed by atoms with Gasteiger partial charge in [0.2, 0.25) is 0 Å². The highest BCUT2D eigenvalue weighted by molar-refractivity contribution is 7.12. The van der Waals surface area contributed by atoms with Crippen molar-refractivity contribution in [3.8, 4) is 5.75 Å². The number of aryl methyl sites for hydroxylation is 2. The first kappa shape index (κ1) is 16.6. The van der Waals surface area contributed by atoms with Crippen LogP contribution in [0.15, 0.2) is 18.2 Å². The second kappa shape index (κ2) is 7.01. The molecule has 0 saturated carbocycles. The number of hydrogen-bond acceptors (Lipinski definition) is 3. The molecule has 0 fully saturated rings. The van der Waals surface area contributed by atoms with E-state index in [4.69, 9.17) is 27.9 Å². The lowest BCUT2D eigenvalue weighted by Gasteiger charge is -2.19. The Balaban J connectivity index is 2.50. The van der Waals surface area contributed by atoms with E-state index in [1.54, 1.807) is 24.5 Å². The summed E-state index contributed by atoms with van der Waals surface area (Å²) in [6.45, 7) is 7.19. The van der Waals surface area contributed by atoms with Gasteiger partial charge >= 0.3 is 0 Å². The summed E-state index contributed by atoms with van der Waals surface area (Å²) in [6, 6.07) is 5.92. The molecule has 0 bridgehead atoms. The van der Waals surface area contributed by atoms with Crippen LogP contribution in [-0.2, 0) is 0 Å². The Morgan fingerprint density at radius 2 is 1.90 bits per heavy atom. The van der Waals surface area contributed by atoms with E-state index < -0.39 is 0 Å². The van der Waals surface area contributed by atoms with Crippen molar-refractivity contribution in [2.75, 3.05) is 13.7 Å². The van der Waals surface area contributed by atoms with E-state index in [1.807, 2.05) is 6.07 Å². The summed E-state index contributed by atoms with van der Waals surface area (Å²) in [7, 11) is 1.59. The zero-order chi connectivity index (χ0) is 15.6. The van der Waals surface area contributed by atoms with Gasteiger partial charge in [-0.15, -0.1) is 11.3 Å². The Bertz CT molecular complexity index is 620. The fourth-order valence-corrected chi connectivity index (χ4v) is 3.88. The Labute approximate surface area is 140 Å². The molecule has 0 spiro atoms. The number of ether oxygens (including phenoxy) is 1. The minimum atomic E-state index is 0.0447. The largest absolute Gasteiger partial charge is 0.495 e. The van der Waals surface area contributed by atoms with Crippen LogP contribution in [0.2, 0.25) is 10.0 Å². The lowest BCUT2D eigenvalue weighted by atomic mass is 10.0. The van der Waals surface area contributed by atoms with Crippen molar-refractivity contribution in [3.63, 3.8) is 0 Å². The number of halogens is 2. The molecule has 0 aliphatic heterocycles. The third-order valence-corrected chi connectivity index (χ3v) is 5.30. The topological polar surface area (TPSA) is 21.3 Å². The Morgan fingerprint density at radius 1 is 1.19 bits per heavy atom. The number of nitrogens with one attached hydrogen (secondary N) is 1. The van der Waals surface area contributed by atoms with Crippen LogP contribution in [0, 0.1) is 13.8 Å². The van der Waals surface area contributed by atoms with Gasteiger partial charge < -0.3 is 10.1 Å². The molecule has 1 unspecified atom stereocenters. The summed E-state index contributed by atoms with van der Waals surface area (Å²) in [6.07, 6.45) is 0. The quantitative estimate of drug-likeness (QED) is 0.786. The van der Waals surface area contributed by atoms with Gasteiger partial charge in [-0.2, -0.15) is 0 Å². The second-order valence-electron chi connectivity index (χ2n) is 4.89. The lowest BCUT2D eigenvalue weighted by molar-refractivity contribution is 0.414. The molecule has 0 radical (unpaired) electrons. The molecule has 1 aromatic carbocycles. The molecule has 0 saturated heterocycles. The van der Waals surface area contributed by atoms with Crippen molar-refractivity contribution >= 4 is 34.5 Å². The number of thiophene rings is 1. The van der Waals surface area contributed by atoms with Gasteiger partial charge in [0.05, 0.1) is 18.2 Å². The molecule has 1 atom stereocenters. The van der Waals surface area contributed by atoms with Gasteiger partial charge in [0.1, 0.15) is 5.75 Å². The van der Waals surface area contributed by atoms with Crippen LogP contribution in [0.1, 0.15) is 33.8 Å². The van der Waals surface area contributed by atoms with Crippen LogP contribution in [-0.4, -0.2) is 13.7 Å². The predicted octanol–water partition coefficient (Wildman–Crippen LogP) is 5.38. The van der Waals surface area contributed by atoms with E-state index in [9.17, 15) is 0 Å². The van der Waals surface area contributed by atoms with Crippen LogP contribution in [0.4, 0.5) is 0 Å². The highest BCUT2D eigenvalue weighted by Crippen LogP contribution is 2.38. The standard InChI is InChI=1S/C16H19Cl2NOS/c1-5-19-16(15-6-9(2)10(3)21-15)11-7-13(18)14(20-4)8-12(11)17/h6-8,16,19H,5H2,1-4H3. The average Bonchev–Trinajstić information content (AvgIpc) is 2.78. The molecule has 2 rings (SSSR count). The maximum Gasteiger partial charge on any atom is 0.138 e. The number of methoxy groups -OCH3 is 1. The molecule has 0 amide bonds. The molecule has 1 heterocycles. The molecule has 1 aromatic heterocycles. The third kappa shape index (κ3) is 3.54.